The van der Waals surface area contributed by atoms with E-state index in [0.717, 1.165) is 9.80 Å². The average molecular weight is 1190 g/mol. The Hall–Kier alpha value is -6.13. The molecular formula is C61H109N11O12. The first-order chi connectivity index (χ1) is 38.8. The number of allylic oxidation sites excluding steroid dienone is 2. The summed E-state index contributed by atoms with van der Waals surface area (Å²) in [6.45, 7) is 29.2. The smallest absolute Gasteiger partial charge is 0.246 e. The lowest BCUT2D eigenvalue weighted by atomic mass is 9.91. The third-order valence-electron chi connectivity index (χ3n) is 15.6. The van der Waals surface area contributed by atoms with Crippen LogP contribution >= 0.6 is 0 Å². The number of nitrogens with one attached hydrogen (secondary N) is 5. The average Bonchev–Trinajstić information content (AvgIpc) is 3.47. The number of likely N-dealkylation sites (N-methyl/N-ethyl adjacent to an activating group) is 6. The van der Waals surface area contributed by atoms with Crippen LogP contribution in [-0.2, 0) is 52.7 Å². The maximum atomic E-state index is 15.0. The molecule has 1 rings (SSSR count). The Morgan fingerprint density at radius 2 is 0.893 bits per heavy atom. The van der Waals surface area contributed by atoms with Crippen molar-refractivity contribution in [2.75, 3.05) is 48.8 Å². The van der Waals surface area contributed by atoms with Crippen LogP contribution in [0.25, 0.3) is 0 Å². The van der Waals surface area contributed by atoms with E-state index in [-0.39, 0.29) is 55.8 Å². The molecule has 1 aliphatic heterocycles. The van der Waals surface area contributed by atoms with Gasteiger partial charge in [-0.3, -0.25) is 52.7 Å². The van der Waals surface area contributed by atoms with Crippen molar-refractivity contribution in [3.63, 3.8) is 0 Å². The van der Waals surface area contributed by atoms with Crippen LogP contribution in [0.4, 0.5) is 0 Å². The second-order valence-corrected chi connectivity index (χ2v) is 25.7. The van der Waals surface area contributed by atoms with E-state index in [2.05, 4.69) is 26.6 Å². The Morgan fingerprint density at radius 3 is 1.35 bits per heavy atom. The number of carbonyl (C=O) groups excluding carboxylic acids is 11. The molecule has 1 heterocycles. The summed E-state index contributed by atoms with van der Waals surface area (Å²) in [5.74, 6) is -9.87. The minimum absolute atomic E-state index is 0.0224. The van der Waals surface area contributed by atoms with Crippen molar-refractivity contribution in [1.82, 2.24) is 56.0 Å². The maximum Gasteiger partial charge on any atom is 0.246 e. The molecule has 23 heteroatoms. The molecule has 0 saturated carbocycles. The van der Waals surface area contributed by atoms with Crippen LogP contribution in [0, 0.1) is 41.4 Å². The highest BCUT2D eigenvalue weighted by Gasteiger charge is 2.45. The maximum absolute atomic E-state index is 15.0. The van der Waals surface area contributed by atoms with E-state index in [0.29, 0.717) is 6.42 Å². The molecule has 0 aromatic rings. The number of hydrogen-bond donors (Lipinski definition) is 6. The van der Waals surface area contributed by atoms with E-state index in [9.17, 15) is 53.1 Å². The molecular weight excluding hydrogens is 1080 g/mol. The number of aliphatic hydroxyl groups excluding tert-OH is 1. The van der Waals surface area contributed by atoms with Crippen LogP contribution in [0.5, 0.6) is 0 Å². The van der Waals surface area contributed by atoms with Crippen molar-refractivity contribution in [2.45, 2.75) is 223 Å². The third-order valence-corrected chi connectivity index (χ3v) is 15.6. The predicted octanol–water partition coefficient (Wildman–Crippen LogP) is 2.93. The van der Waals surface area contributed by atoms with Crippen LogP contribution in [0.2, 0.25) is 0 Å². The number of rotatable bonds is 15. The molecule has 0 aromatic heterocycles. The highest BCUT2D eigenvalue weighted by Crippen LogP contribution is 2.24. The van der Waals surface area contributed by atoms with E-state index in [4.69, 9.17) is 0 Å². The van der Waals surface area contributed by atoms with Crippen molar-refractivity contribution in [3.05, 3.63) is 12.2 Å². The summed E-state index contributed by atoms with van der Waals surface area (Å²) in [6.07, 6.45) is 3.00. The van der Waals surface area contributed by atoms with Crippen LogP contribution in [-0.4, -0.2) is 215 Å². The summed E-state index contributed by atoms with van der Waals surface area (Å²) in [4.78, 5) is 166. The number of aliphatic hydroxyl groups is 1. The molecule has 0 radical (unpaired) electrons. The van der Waals surface area contributed by atoms with Gasteiger partial charge in [-0.1, -0.05) is 109 Å². The van der Waals surface area contributed by atoms with Crippen molar-refractivity contribution in [3.8, 4) is 0 Å². The van der Waals surface area contributed by atoms with Gasteiger partial charge in [0.15, 0.2) is 0 Å². The fourth-order valence-electron chi connectivity index (χ4n) is 10.4. The predicted molar refractivity (Wildman–Crippen MR) is 324 cm³/mol. The Kier molecular flexibility index (Phi) is 31.4. The van der Waals surface area contributed by atoms with Gasteiger partial charge in [-0.15, -0.1) is 0 Å². The van der Waals surface area contributed by atoms with E-state index in [1.54, 1.807) is 60.6 Å². The Bertz CT molecular complexity index is 2290. The van der Waals surface area contributed by atoms with Gasteiger partial charge in [0.2, 0.25) is 65.0 Å². The lowest BCUT2D eigenvalue weighted by molar-refractivity contribution is -0.154. The fourth-order valence-corrected chi connectivity index (χ4v) is 10.4. The van der Waals surface area contributed by atoms with Gasteiger partial charge in [0, 0.05) is 42.3 Å². The van der Waals surface area contributed by atoms with Gasteiger partial charge in [0.25, 0.3) is 0 Å². The first-order valence-electron chi connectivity index (χ1n) is 30.2. The zero-order valence-electron chi connectivity index (χ0n) is 55.1. The van der Waals surface area contributed by atoms with Gasteiger partial charge in [-0.05, 0) is 101 Å². The molecule has 0 bridgehead atoms. The molecule has 11 amide bonds. The summed E-state index contributed by atoms with van der Waals surface area (Å²) >= 11 is 0. The third kappa shape index (κ3) is 21.7. The minimum atomic E-state index is -1.61. The normalized spacial score (nSPS) is 27.0. The molecule has 0 unspecified atom stereocenters. The summed E-state index contributed by atoms with van der Waals surface area (Å²) in [7, 11) is 8.39. The Morgan fingerprint density at radius 1 is 0.464 bits per heavy atom. The number of amides is 11. The highest BCUT2D eigenvalue weighted by molar-refractivity contribution is 5.99. The molecule has 84 heavy (non-hydrogen) atoms. The van der Waals surface area contributed by atoms with Gasteiger partial charge in [0.05, 0.1) is 12.6 Å². The highest BCUT2D eigenvalue weighted by atomic mass is 16.3. The second kappa shape index (κ2) is 34.7. The Labute approximate surface area is 502 Å². The lowest BCUT2D eigenvalue weighted by Crippen LogP contribution is -2.63. The van der Waals surface area contributed by atoms with Gasteiger partial charge in [0.1, 0.15) is 60.4 Å². The van der Waals surface area contributed by atoms with Crippen LogP contribution < -0.4 is 26.6 Å². The van der Waals surface area contributed by atoms with Crippen molar-refractivity contribution in [1.29, 1.82) is 0 Å². The monoisotopic (exact) mass is 1190 g/mol. The van der Waals surface area contributed by atoms with E-state index >= 15 is 4.79 Å². The lowest BCUT2D eigenvalue weighted by Gasteiger charge is -2.40. The van der Waals surface area contributed by atoms with Crippen molar-refractivity contribution in [2.24, 2.45) is 41.4 Å². The Balaban J connectivity index is 4.27. The molecule has 480 valence electrons. The van der Waals surface area contributed by atoms with Gasteiger partial charge in [-0.2, -0.15) is 0 Å². The number of nitrogens with zero attached hydrogens (tertiary/aromatic N) is 6. The summed E-state index contributed by atoms with van der Waals surface area (Å²) in [6, 6.07) is -12.4. The van der Waals surface area contributed by atoms with Crippen LogP contribution in [0.1, 0.15) is 156 Å². The van der Waals surface area contributed by atoms with Crippen LogP contribution in [0.15, 0.2) is 12.2 Å². The molecule has 0 spiro atoms. The zero-order valence-corrected chi connectivity index (χ0v) is 55.1. The number of hydrogen-bond acceptors (Lipinski definition) is 12. The first-order valence-corrected chi connectivity index (χ1v) is 30.2. The van der Waals surface area contributed by atoms with Gasteiger partial charge < -0.3 is 61.1 Å². The standard InChI is InChI=1S/C61H109N11O12/c1-24-26-27-39(15)51(74)50-56(79)64-42(25-2)58(81)67(18)32-47(73)68(19)44(29-34(5)6)55(78)66-48(37(11)12)60(83)70(21)45(30-35(7)8)53(76)62-40(16)52(75)63-41(17)57(80)69(20)46(31-36(9)10)54(77)65-43(28-33(3)4)59(82)71(22)49(38(13)14)61(84)72(50)23/h24,26,33-46,48-51,74H,25,27-32H2,1-23H3,(H,62,76)(H,63,75)(H,64,79)(H,65,77)(H,66,78)/b26-24+/t39-,40+,41-,42+,43+,44-,45-,46+,48-,49+,50+,51-/m1/s1. The molecule has 6 N–H and O–H groups in total. The SMILES string of the molecule is C/C=C/C[C@@H](C)[C@@H](O)[C@H]1C(=O)N[C@@H](CC)C(=O)N(C)CC(=O)N(C)[C@H](CC(C)C)C(=O)N[C@H](C(C)C)C(=O)N(C)[C@H](CC(C)C)C(=O)N[C@@H](C)C(=O)N[C@H](C)C(=O)N(C)[C@@H](CC(C)C)C(=O)N[C@@H](CC(C)C)C(=O)N(C)[C@@H](C(C)C)C(=O)N1C. The largest absolute Gasteiger partial charge is 0.390 e. The summed E-state index contributed by atoms with van der Waals surface area (Å²) in [5.41, 5.74) is 0. The van der Waals surface area contributed by atoms with E-state index < -0.39 is 156 Å². The molecule has 12 atom stereocenters. The second-order valence-electron chi connectivity index (χ2n) is 25.7. The summed E-state index contributed by atoms with van der Waals surface area (Å²) in [5, 5.41) is 25.9. The molecule has 1 fully saturated rings. The minimum Gasteiger partial charge on any atom is -0.390 e. The molecule has 1 saturated heterocycles. The first kappa shape index (κ1) is 75.9. The molecule has 23 nitrogen and oxygen atoms in total. The topological polar surface area (TPSA) is 288 Å². The molecule has 0 aromatic carbocycles. The van der Waals surface area contributed by atoms with Crippen LogP contribution in [0.3, 0.4) is 0 Å². The van der Waals surface area contributed by atoms with Crippen molar-refractivity contribution >= 4 is 65.0 Å². The van der Waals surface area contributed by atoms with E-state index in [1.165, 1.54) is 75.7 Å². The zero-order chi connectivity index (χ0) is 65.1. The van der Waals surface area contributed by atoms with E-state index in [1.807, 2.05) is 55.4 Å². The molecule has 1 aliphatic rings. The number of carbonyl (C=O) groups is 11. The van der Waals surface area contributed by atoms with Gasteiger partial charge in [-0.25, -0.2) is 0 Å². The molecule has 0 aliphatic carbocycles. The van der Waals surface area contributed by atoms with Gasteiger partial charge >= 0.3 is 0 Å². The van der Waals surface area contributed by atoms with Crippen molar-refractivity contribution < 1.29 is 57.8 Å². The summed E-state index contributed by atoms with van der Waals surface area (Å²) < 4.78 is 0. The fraction of sp³-hybridized carbons (Fsp3) is 0.787. The quantitative estimate of drug-likeness (QED) is 0.129.